The number of carbonyl (C=O) groups is 1. The highest BCUT2D eigenvalue weighted by Gasteiger charge is 2.20. The van der Waals surface area contributed by atoms with E-state index in [-0.39, 0.29) is 10.6 Å². The van der Waals surface area contributed by atoms with Crippen LogP contribution in [0, 0.1) is 0 Å². The molecule has 0 radical (unpaired) electrons. The summed E-state index contributed by atoms with van der Waals surface area (Å²) in [6, 6.07) is 1.40. The van der Waals surface area contributed by atoms with Gasteiger partial charge in [-0.25, -0.2) is 8.42 Å². The molecule has 1 rings (SSSR count). The van der Waals surface area contributed by atoms with Crippen LogP contribution in [-0.2, 0) is 14.8 Å². The number of sulfonamides is 1. The molecule has 8 heteroatoms. The summed E-state index contributed by atoms with van der Waals surface area (Å²) >= 11 is 0. The molecule has 2 N–H and O–H groups in total. The van der Waals surface area contributed by atoms with E-state index in [4.69, 9.17) is 9.84 Å². The maximum Gasteiger partial charge on any atom is 0.318 e. The maximum atomic E-state index is 11.7. The normalized spacial score (nSPS) is 11.1. The molecule has 0 saturated heterocycles. The molecule has 0 aromatic carbocycles. The van der Waals surface area contributed by atoms with Crippen LogP contribution in [-0.4, -0.2) is 37.6 Å². The molecular formula is C9H12N2O5S. The molecule has 0 bridgehead atoms. The lowest BCUT2D eigenvalue weighted by atomic mass is 10.4. The van der Waals surface area contributed by atoms with Crippen molar-refractivity contribution in [3.05, 3.63) is 18.5 Å². The van der Waals surface area contributed by atoms with Gasteiger partial charge in [-0.2, -0.15) is 4.72 Å². The molecule has 17 heavy (non-hydrogen) atoms. The SMILES string of the molecule is CCOc1ccncc1S(=O)(=O)NCC(=O)O. The summed E-state index contributed by atoms with van der Waals surface area (Å²) in [5.41, 5.74) is 0. The molecule has 0 aliphatic carbocycles. The molecule has 0 aliphatic heterocycles. The van der Waals surface area contributed by atoms with E-state index in [0.29, 0.717) is 6.61 Å². The predicted molar refractivity (Wildman–Crippen MR) is 58.2 cm³/mol. The molecule has 0 saturated carbocycles. The summed E-state index contributed by atoms with van der Waals surface area (Å²) in [6.07, 6.45) is 2.50. The second-order valence-corrected chi connectivity index (χ2v) is 4.71. The predicted octanol–water partition coefficient (Wildman–Crippen LogP) is -0.157. The molecule has 1 heterocycles. The van der Waals surface area contributed by atoms with Crippen LogP contribution >= 0.6 is 0 Å². The van der Waals surface area contributed by atoms with E-state index in [0.717, 1.165) is 6.20 Å². The minimum atomic E-state index is -3.93. The van der Waals surface area contributed by atoms with E-state index in [1.165, 1.54) is 12.3 Å². The first-order valence-electron chi connectivity index (χ1n) is 4.75. The van der Waals surface area contributed by atoms with Crippen molar-refractivity contribution >= 4 is 16.0 Å². The molecule has 0 atom stereocenters. The molecule has 1 aromatic rings. The smallest absolute Gasteiger partial charge is 0.318 e. The van der Waals surface area contributed by atoms with E-state index < -0.39 is 22.5 Å². The number of hydrogen-bond donors (Lipinski definition) is 2. The number of ether oxygens (including phenoxy) is 1. The second kappa shape index (κ2) is 5.60. The molecule has 0 spiro atoms. The van der Waals surface area contributed by atoms with E-state index in [2.05, 4.69) is 4.98 Å². The van der Waals surface area contributed by atoms with Crippen LogP contribution in [0.4, 0.5) is 0 Å². The molecule has 0 amide bonds. The van der Waals surface area contributed by atoms with Crippen molar-refractivity contribution in [2.24, 2.45) is 0 Å². The number of nitrogens with zero attached hydrogens (tertiary/aromatic N) is 1. The Labute approximate surface area is 98.5 Å². The fourth-order valence-corrected chi connectivity index (χ4v) is 2.14. The lowest BCUT2D eigenvalue weighted by Crippen LogP contribution is -2.29. The molecule has 1 aromatic heterocycles. The topological polar surface area (TPSA) is 106 Å². The highest BCUT2D eigenvalue weighted by molar-refractivity contribution is 7.89. The second-order valence-electron chi connectivity index (χ2n) is 2.97. The Kier molecular flexibility index (Phi) is 4.41. The van der Waals surface area contributed by atoms with Gasteiger partial charge in [-0.15, -0.1) is 0 Å². The third-order valence-corrected chi connectivity index (χ3v) is 3.16. The zero-order chi connectivity index (χ0) is 12.9. The van der Waals surface area contributed by atoms with Crippen molar-refractivity contribution < 1.29 is 23.1 Å². The fraction of sp³-hybridized carbons (Fsp3) is 0.333. The number of nitrogens with one attached hydrogen (secondary N) is 1. The summed E-state index contributed by atoms with van der Waals surface area (Å²) in [5, 5.41) is 8.42. The highest BCUT2D eigenvalue weighted by atomic mass is 32.2. The summed E-state index contributed by atoms with van der Waals surface area (Å²) in [6.45, 7) is 1.32. The number of carboxylic acid groups (broad SMARTS) is 1. The van der Waals surface area contributed by atoms with Gasteiger partial charge in [0.25, 0.3) is 0 Å². The third-order valence-electron chi connectivity index (χ3n) is 1.75. The lowest BCUT2D eigenvalue weighted by Gasteiger charge is -2.09. The Morgan fingerprint density at radius 2 is 2.29 bits per heavy atom. The van der Waals surface area contributed by atoms with Gasteiger partial charge in [-0.3, -0.25) is 9.78 Å². The van der Waals surface area contributed by atoms with Crippen LogP contribution in [0.1, 0.15) is 6.92 Å². The van der Waals surface area contributed by atoms with Crippen LogP contribution in [0.3, 0.4) is 0 Å². The summed E-state index contributed by atoms with van der Waals surface area (Å²) < 4.78 is 30.5. The van der Waals surface area contributed by atoms with E-state index in [9.17, 15) is 13.2 Å². The average molecular weight is 260 g/mol. The number of carboxylic acids is 1. The number of aliphatic carboxylic acids is 1. The van der Waals surface area contributed by atoms with Gasteiger partial charge in [0, 0.05) is 6.20 Å². The average Bonchev–Trinajstić information content (AvgIpc) is 2.28. The van der Waals surface area contributed by atoms with Gasteiger partial charge in [0.15, 0.2) is 0 Å². The van der Waals surface area contributed by atoms with Gasteiger partial charge < -0.3 is 9.84 Å². The Hall–Kier alpha value is -1.67. The first kappa shape index (κ1) is 13.4. The van der Waals surface area contributed by atoms with Gasteiger partial charge in [-0.05, 0) is 13.0 Å². The van der Waals surface area contributed by atoms with E-state index in [1.807, 2.05) is 4.72 Å². The number of hydrogen-bond acceptors (Lipinski definition) is 5. The molecule has 0 unspecified atom stereocenters. The largest absolute Gasteiger partial charge is 0.492 e. The van der Waals surface area contributed by atoms with Crippen LogP contribution < -0.4 is 9.46 Å². The number of aromatic nitrogens is 1. The number of rotatable bonds is 6. The van der Waals surface area contributed by atoms with Gasteiger partial charge in [-0.1, -0.05) is 0 Å². The summed E-state index contributed by atoms with van der Waals surface area (Å²) in [4.78, 5) is 13.8. The highest BCUT2D eigenvalue weighted by Crippen LogP contribution is 2.21. The number of pyridine rings is 1. The summed E-state index contributed by atoms with van der Waals surface area (Å²) in [7, 11) is -3.93. The fourth-order valence-electron chi connectivity index (χ4n) is 1.08. The lowest BCUT2D eigenvalue weighted by molar-refractivity contribution is -0.135. The first-order chi connectivity index (χ1) is 7.97. The van der Waals surface area contributed by atoms with Crippen LogP contribution in [0.25, 0.3) is 0 Å². The van der Waals surface area contributed by atoms with Crippen molar-refractivity contribution in [2.75, 3.05) is 13.2 Å². The van der Waals surface area contributed by atoms with E-state index >= 15 is 0 Å². The first-order valence-corrected chi connectivity index (χ1v) is 6.24. The van der Waals surface area contributed by atoms with Crippen molar-refractivity contribution in [2.45, 2.75) is 11.8 Å². The molecular weight excluding hydrogens is 248 g/mol. The van der Waals surface area contributed by atoms with Gasteiger partial charge in [0.2, 0.25) is 10.0 Å². The Balaban J connectivity index is 3.01. The monoisotopic (exact) mass is 260 g/mol. The van der Waals surface area contributed by atoms with Crippen LogP contribution in [0.5, 0.6) is 5.75 Å². The van der Waals surface area contributed by atoms with Crippen LogP contribution in [0.15, 0.2) is 23.4 Å². The third kappa shape index (κ3) is 3.68. The Morgan fingerprint density at radius 1 is 1.59 bits per heavy atom. The minimum Gasteiger partial charge on any atom is -0.492 e. The molecule has 0 aliphatic rings. The van der Waals surface area contributed by atoms with Crippen molar-refractivity contribution in [3.8, 4) is 5.75 Å². The van der Waals surface area contributed by atoms with Gasteiger partial charge >= 0.3 is 5.97 Å². The van der Waals surface area contributed by atoms with E-state index in [1.54, 1.807) is 6.92 Å². The van der Waals surface area contributed by atoms with Crippen molar-refractivity contribution in [3.63, 3.8) is 0 Å². The van der Waals surface area contributed by atoms with Crippen LogP contribution in [0.2, 0.25) is 0 Å². The molecule has 7 nitrogen and oxygen atoms in total. The zero-order valence-electron chi connectivity index (χ0n) is 9.08. The van der Waals surface area contributed by atoms with Gasteiger partial charge in [0.1, 0.15) is 17.2 Å². The molecule has 0 fully saturated rings. The quantitative estimate of drug-likeness (QED) is 0.736. The standard InChI is InChI=1S/C9H12N2O5S/c1-2-16-7-3-4-10-5-8(7)17(14,15)11-6-9(12)13/h3-5,11H,2,6H2,1H3,(H,12,13). The minimum absolute atomic E-state index is 0.139. The maximum absolute atomic E-state index is 11.7. The molecule has 94 valence electrons. The summed E-state index contributed by atoms with van der Waals surface area (Å²) in [5.74, 6) is -1.13. The van der Waals surface area contributed by atoms with Crippen molar-refractivity contribution in [1.82, 2.24) is 9.71 Å². The van der Waals surface area contributed by atoms with Crippen molar-refractivity contribution in [1.29, 1.82) is 0 Å². The zero-order valence-corrected chi connectivity index (χ0v) is 9.90. The Bertz CT molecular complexity index is 500. The Morgan fingerprint density at radius 3 is 2.88 bits per heavy atom. The van der Waals surface area contributed by atoms with Gasteiger partial charge in [0.05, 0.1) is 12.8 Å².